The Hall–Kier alpha value is -2.77. The third-order valence-corrected chi connectivity index (χ3v) is 4.45. The van der Waals surface area contributed by atoms with Crippen LogP contribution in [-0.4, -0.2) is 49.0 Å². The molecule has 2 fully saturated rings. The topological polar surface area (TPSA) is 93.0 Å². The molecule has 1 aliphatic carbocycles. The molecule has 2 aliphatic rings. The van der Waals surface area contributed by atoms with Crippen LogP contribution in [0.4, 0.5) is 0 Å². The van der Waals surface area contributed by atoms with Gasteiger partial charge >= 0.3 is 0 Å². The Labute approximate surface area is 138 Å². The van der Waals surface area contributed by atoms with Crippen molar-refractivity contribution in [3.8, 4) is 5.82 Å². The van der Waals surface area contributed by atoms with E-state index in [4.69, 9.17) is 0 Å². The molecule has 2 amide bonds. The van der Waals surface area contributed by atoms with Crippen molar-refractivity contribution in [1.82, 2.24) is 30.0 Å². The van der Waals surface area contributed by atoms with Crippen LogP contribution in [0.3, 0.4) is 0 Å². The third-order valence-electron chi connectivity index (χ3n) is 4.45. The molecule has 1 N–H and O–H groups in total. The zero-order chi connectivity index (χ0) is 16.5. The van der Waals surface area contributed by atoms with Crippen molar-refractivity contribution in [3.63, 3.8) is 0 Å². The lowest BCUT2D eigenvalue weighted by Gasteiger charge is -2.15. The molecule has 4 rings (SSSR count). The largest absolute Gasteiger partial charge is 0.352 e. The van der Waals surface area contributed by atoms with Gasteiger partial charge in [0, 0.05) is 31.7 Å². The van der Waals surface area contributed by atoms with E-state index in [1.54, 1.807) is 17.2 Å². The van der Waals surface area contributed by atoms with Gasteiger partial charge in [0.25, 0.3) is 0 Å². The van der Waals surface area contributed by atoms with E-state index in [1.807, 2.05) is 17.0 Å². The van der Waals surface area contributed by atoms with E-state index in [9.17, 15) is 9.59 Å². The van der Waals surface area contributed by atoms with Crippen molar-refractivity contribution >= 4 is 11.8 Å². The molecule has 124 valence electrons. The quantitative estimate of drug-likeness (QED) is 0.852. The lowest BCUT2D eigenvalue weighted by atomic mass is 10.1. The fourth-order valence-corrected chi connectivity index (χ4v) is 2.96. The highest BCUT2D eigenvalue weighted by Gasteiger charge is 2.41. The van der Waals surface area contributed by atoms with Crippen molar-refractivity contribution in [2.24, 2.45) is 5.92 Å². The van der Waals surface area contributed by atoms with E-state index in [0.29, 0.717) is 31.4 Å². The van der Waals surface area contributed by atoms with Crippen molar-refractivity contribution in [2.45, 2.75) is 31.8 Å². The Morgan fingerprint density at radius 2 is 2.21 bits per heavy atom. The maximum absolute atomic E-state index is 12.3. The highest BCUT2D eigenvalue weighted by atomic mass is 16.2. The molecule has 1 atom stereocenters. The zero-order valence-electron chi connectivity index (χ0n) is 13.1. The zero-order valence-corrected chi connectivity index (χ0v) is 13.1. The molecule has 2 aromatic heterocycles. The molecule has 3 heterocycles. The first-order valence-corrected chi connectivity index (χ1v) is 8.08. The van der Waals surface area contributed by atoms with E-state index in [0.717, 1.165) is 18.4 Å². The van der Waals surface area contributed by atoms with Gasteiger partial charge in [-0.1, -0.05) is 6.07 Å². The van der Waals surface area contributed by atoms with Crippen LogP contribution in [0.5, 0.6) is 0 Å². The van der Waals surface area contributed by atoms with Gasteiger partial charge in [-0.25, -0.2) is 14.6 Å². The highest BCUT2D eigenvalue weighted by Crippen LogP contribution is 2.32. The predicted molar refractivity (Wildman–Crippen MR) is 83.8 cm³/mol. The van der Waals surface area contributed by atoms with Gasteiger partial charge in [0.2, 0.25) is 11.8 Å². The first-order valence-electron chi connectivity index (χ1n) is 8.08. The van der Waals surface area contributed by atoms with E-state index < -0.39 is 0 Å². The van der Waals surface area contributed by atoms with Gasteiger partial charge in [0.05, 0.1) is 5.92 Å². The minimum Gasteiger partial charge on any atom is -0.352 e. The number of amides is 2. The van der Waals surface area contributed by atoms with Crippen LogP contribution in [0.15, 0.2) is 31.0 Å². The summed E-state index contributed by atoms with van der Waals surface area (Å²) in [7, 11) is 0. The van der Waals surface area contributed by atoms with Crippen LogP contribution < -0.4 is 5.32 Å². The number of hydrogen-bond acceptors (Lipinski definition) is 5. The number of nitrogens with zero attached hydrogens (tertiary/aromatic N) is 5. The number of pyridine rings is 1. The molecule has 0 radical (unpaired) electrons. The molecule has 1 unspecified atom stereocenters. The number of hydrogen-bond donors (Lipinski definition) is 1. The minimum absolute atomic E-state index is 0.0631. The summed E-state index contributed by atoms with van der Waals surface area (Å²) >= 11 is 0. The van der Waals surface area contributed by atoms with Crippen LogP contribution in [0.2, 0.25) is 0 Å². The second kappa shape index (κ2) is 6.03. The minimum atomic E-state index is -0.236. The number of nitrogens with one attached hydrogen (secondary N) is 1. The van der Waals surface area contributed by atoms with Crippen LogP contribution in [-0.2, 0) is 16.1 Å². The molecule has 24 heavy (non-hydrogen) atoms. The van der Waals surface area contributed by atoms with Gasteiger partial charge < -0.3 is 10.2 Å². The fraction of sp³-hybridized carbons (Fsp3) is 0.438. The van der Waals surface area contributed by atoms with Crippen LogP contribution in [0.25, 0.3) is 5.82 Å². The maximum Gasteiger partial charge on any atom is 0.225 e. The standard InChI is InChI=1S/C16H18N6O2/c23-15-5-12(8-21(15)13-2-3-13)16(24)19-7-11-1-4-14(18-6-11)22-10-17-9-20-22/h1,4,6,9-10,12-13H,2-3,5,7-8H2,(H,19,24). The smallest absolute Gasteiger partial charge is 0.225 e. The predicted octanol–water partition coefficient (Wildman–Crippen LogP) is 0.289. The molecular formula is C16H18N6O2. The van der Waals surface area contributed by atoms with E-state index >= 15 is 0 Å². The van der Waals surface area contributed by atoms with Gasteiger partial charge in [0.15, 0.2) is 5.82 Å². The number of aromatic nitrogens is 4. The Bertz CT molecular complexity index is 738. The Morgan fingerprint density at radius 3 is 2.88 bits per heavy atom. The Morgan fingerprint density at radius 1 is 1.33 bits per heavy atom. The first kappa shape index (κ1) is 14.8. The number of carbonyl (C=O) groups excluding carboxylic acids is 2. The molecule has 0 aromatic carbocycles. The van der Waals surface area contributed by atoms with E-state index in [2.05, 4.69) is 20.4 Å². The maximum atomic E-state index is 12.3. The Balaban J connectivity index is 1.31. The van der Waals surface area contributed by atoms with Crippen molar-refractivity contribution < 1.29 is 9.59 Å². The van der Waals surface area contributed by atoms with Gasteiger partial charge in [0.1, 0.15) is 12.7 Å². The van der Waals surface area contributed by atoms with Crippen LogP contribution >= 0.6 is 0 Å². The van der Waals surface area contributed by atoms with Crippen LogP contribution in [0, 0.1) is 5.92 Å². The number of likely N-dealkylation sites (tertiary alicyclic amines) is 1. The summed E-state index contributed by atoms with van der Waals surface area (Å²) in [6.07, 6.45) is 7.20. The molecular weight excluding hydrogens is 308 g/mol. The molecule has 0 spiro atoms. The number of carbonyl (C=O) groups is 2. The van der Waals surface area contributed by atoms with E-state index in [-0.39, 0.29) is 17.7 Å². The van der Waals surface area contributed by atoms with Crippen molar-refractivity contribution in [2.75, 3.05) is 6.54 Å². The van der Waals surface area contributed by atoms with Gasteiger partial charge in [-0.3, -0.25) is 9.59 Å². The summed E-state index contributed by atoms with van der Waals surface area (Å²) in [5.74, 6) is 0.480. The molecule has 2 aromatic rings. The molecule has 8 heteroatoms. The summed E-state index contributed by atoms with van der Waals surface area (Å²) in [6, 6.07) is 4.09. The molecule has 0 bridgehead atoms. The molecule has 1 saturated carbocycles. The van der Waals surface area contributed by atoms with Crippen LogP contribution in [0.1, 0.15) is 24.8 Å². The average Bonchev–Trinajstić information content (AvgIpc) is 3.14. The lowest BCUT2D eigenvalue weighted by molar-refractivity contribution is -0.129. The normalized spacial score (nSPS) is 20.4. The SMILES string of the molecule is O=C(NCc1ccc(-n2cncn2)nc1)C1CC(=O)N(C2CC2)C1. The third kappa shape index (κ3) is 2.99. The molecule has 1 saturated heterocycles. The number of rotatable bonds is 5. The van der Waals surface area contributed by atoms with Crippen molar-refractivity contribution in [1.29, 1.82) is 0 Å². The summed E-state index contributed by atoms with van der Waals surface area (Å²) in [5, 5.41) is 6.92. The van der Waals surface area contributed by atoms with Gasteiger partial charge in [-0.05, 0) is 24.5 Å². The summed E-state index contributed by atoms with van der Waals surface area (Å²) < 4.78 is 1.57. The highest BCUT2D eigenvalue weighted by molar-refractivity contribution is 5.89. The lowest BCUT2D eigenvalue weighted by Crippen LogP contribution is -2.33. The average molecular weight is 326 g/mol. The monoisotopic (exact) mass is 326 g/mol. The summed E-state index contributed by atoms with van der Waals surface area (Å²) in [6.45, 7) is 0.955. The first-order chi connectivity index (χ1) is 11.7. The second-order valence-electron chi connectivity index (χ2n) is 6.26. The fourth-order valence-electron chi connectivity index (χ4n) is 2.96. The van der Waals surface area contributed by atoms with Gasteiger partial charge in [-0.15, -0.1) is 0 Å². The molecule has 8 nitrogen and oxygen atoms in total. The second-order valence-corrected chi connectivity index (χ2v) is 6.26. The van der Waals surface area contributed by atoms with Gasteiger partial charge in [-0.2, -0.15) is 5.10 Å². The van der Waals surface area contributed by atoms with E-state index in [1.165, 1.54) is 6.33 Å². The molecule has 1 aliphatic heterocycles. The summed E-state index contributed by atoms with van der Waals surface area (Å²) in [4.78, 5) is 34.2. The van der Waals surface area contributed by atoms with Crippen molar-refractivity contribution in [3.05, 3.63) is 36.5 Å². The summed E-state index contributed by atoms with van der Waals surface area (Å²) in [5.41, 5.74) is 0.899. The Kier molecular flexibility index (Phi) is 3.72.